The minimum absolute atomic E-state index is 0.0435. The number of amides is 1. The largest absolute Gasteiger partial charge is 0.351 e. The highest BCUT2D eigenvalue weighted by atomic mass is 16.2. The van der Waals surface area contributed by atoms with Gasteiger partial charge in [0.2, 0.25) is 5.91 Å². The maximum atomic E-state index is 12.3. The zero-order valence-electron chi connectivity index (χ0n) is 21.1. The van der Waals surface area contributed by atoms with Crippen LogP contribution in [0.5, 0.6) is 0 Å². The van der Waals surface area contributed by atoms with E-state index in [-0.39, 0.29) is 18.0 Å². The maximum Gasteiger partial charge on any atom is 0.237 e. The van der Waals surface area contributed by atoms with Gasteiger partial charge in [-0.25, -0.2) is 4.98 Å². The van der Waals surface area contributed by atoms with Crippen LogP contribution in [-0.2, 0) is 30.8 Å². The zero-order valence-corrected chi connectivity index (χ0v) is 21.1. The van der Waals surface area contributed by atoms with Crippen LogP contribution in [0.3, 0.4) is 0 Å². The minimum atomic E-state index is -0.0435. The quantitative estimate of drug-likeness (QED) is 0.338. The highest BCUT2D eigenvalue weighted by Crippen LogP contribution is 2.34. The van der Waals surface area contributed by atoms with Crippen LogP contribution in [0.25, 0.3) is 11.0 Å². The van der Waals surface area contributed by atoms with E-state index in [9.17, 15) is 4.79 Å². The second-order valence-electron chi connectivity index (χ2n) is 10.2. The molecule has 2 aliphatic rings. The normalized spacial score (nSPS) is 19.3. The summed E-state index contributed by atoms with van der Waals surface area (Å²) in [4.78, 5) is 28.1. The second-order valence-corrected chi connectivity index (χ2v) is 10.2. The van der Waals surface area contributed by atoms with E-state index in [1.807, 2.05) is 24.4 Å². The van der Waals surface area contributed by atoms with E-state index in [1.54, 1.807) is 0 Å². The molecule has 1 unspecified atom stereocenters. The van der Waals surface area contributed by atoms with E-state index < -0.39 is 0 Å². The lowest BCUT2D eigenvalue weighted by Gasteiger charge is -2.34. The molecule has 7 heteroatoms. The Kier molecular flexibility index (Phi) is 6.97. The summed E-state index contributed by atoms with van der Waals surface area (Å²) in [5.41, 5.74) is 6.98. The lowest BCUT2D eigenvalue weighted by molar-refractivity contribution is -0.122. The van der Waals surface area contributed by atoms with Gasteiger partial charge in [-0.05, 0) is 73.5 Å². The van der Waals surface area contributed by atoms with Crippen molar-refractivity contribution in [1.82, 2.24) is 30.5 Å². The monoisotopic (exact) mass is 494 g/mol. The topological polar surface area (TPSA) is 85.9 Å². The molecule has 0 bridgehead atoms. The number of para-hydroxylation sites is 2. The molecular weight excluding hydrogens is 460 g/mol. The lowest BCUT2D eigenvalue weighted by Crippen LogP contribution is -2.39. The van der Waals surface area contributed by atoms with Gasteiger partial charge in [-0.15, -0.1) is 0 Å². The molecule has 1 aliphatic heterocycles. The van der Waals surface area contributed by atoms with Crippen molar-refractivity contribution in [2.24, 2.45) is 0 Å². The maximum absolute atomic E-state index is 12.3. The molecule has 0 radical (unpaired) electrons. The number of imidazole rings is 1. The fourth-order valence-corrected chi connectivity index (χ4v) is 5.71. The molecule has 1 saturated heterocycles. The fraction of sp³-hybridized carbons (Fsp3) is 0.367. The third-order valence-electron chi connectivity index (χ3n) is 7.65. The molecule has 190 valence electrons. The van der Waals surface area contributed by atoms with Gasteiger partial charge in [-0.2, -0.15) is 0 Å². The Balaban J connectivity index is 1.20. The molecule has 1 amide bonds. The standard InChI is InChI=1S/C30H34N6O/c37-30(26-10-5-16-31-26)33-18-21-12-14-22(15-13-21)19-36(20-28-34-24-8-1-2-9-25(24)35-28)27-11-3-6-23-7-4-17-32-29(23)27/h1-2,4,7-9,12-15,17,26-27,31H,3,5-6,10-11,16,18-20H2,(H,33,37)(H,34,35)/t26-,27?/m0/s1. The number of nitrogens with one attached hydrogen (secondary N) is 3. The van der Waals surface area contributed by atoms with Gasteiger partial charge in [0, 0.05) is 19.3 Å². The van der Waals surface area contributed by atoms with Gasteiger partial charge in [0.1, 0.15) is 5.82 Å². The van der Waals surface area contributed by atoms with Crippen LogP contribution >= 0.6 is 0 Å². The zero-order chi connectivity index (χ0) is 25.0. The Hall–Kier alpha value is -3.55. The number of carbonyl (C=O) groups is 1. The number of pyridine rings is 1. The third kappa shape index (κ3) is 5.43. The Labute approximate surface area is 217 Å². The average molecular weight is 495 g/mol. The van der Waals surface area contributed by atoms with E-state index in [4.69, 9.17) is 9.97 Å². The molecule has 6 rings (SSSR count). The minimum Gasteiger partial charge on any atom is -0.351 e. The van der Waals surface area contributed by atoms with Crippen molar-refractivity contribution >= 4 is 16.9 Å². The summed E-state index contributed by atoms with van der Waals surface area (Å²) < 4.78 is 0. The predicted octanol–water partition coefficient (Wildman–Crippen LogP) is 4.41. The van der Waals surface area contributed by atoms with Crippen molar-refractivity contribution in [3.63, 3.8) is 0 Å². The van der Waals surface area contributed by atoms with Crippen molar-refractivity contribution < 1.29 is 4.79 Å². The molecule has 1 fully saturated rings. The van der Waals surface area contributed by atoms with Crippen molar-refractivity contribution in [3.8, 4) is 0 Å². The molecule has 2 aromatic heterocycles. The van der Waals surface area contributed by atoms with E-state index in [0.29, 0.717) is 6.54 Å². The van der Waals surface area contributed by atoms with E-state index >= 15 is 0 Å². The number of H-pyrrole nitrogens is 1. The SMILES string of the molecule is O=C(NCc1ccc(CN(Cc2nc3ccccc3[nH]2)C2CCCc3cccnc32)cc1)[C@@H]1CCCN1. The van der Waals surface area contributed by atoms with Crippen LogP contribution in [0, 0.1) is 0 Å². The van der Waals surface area contributed by atoms with Crippen molar-refractivity contribution in [1.29, 1.82) is 0 Å². The van der Waals surface area contributed by atoms with Gasteiger partial charge in [0.25, 0.3) is 0 Å². The van der Waals surface area contributed by atoms with Crippen LogP contribution in [0.4, 0.5) is 0 Å². The molecule has 3 heterocycles. The van der Waals surface area contributed by atoms with Crippen molar-refractivity contribution in [2.45, 2.75) is 63.8 Å². The summed E-state index contributed by atoms with van der Waals surface area (Å²) in [5, 5.41) is 6.34. The first kappa shape index (κ1) is 23.8. The van der Waals surface area contributed by atoms with E-state index in [0.717, 1.165) is 74.2 Å². The predicted molar refractivity (Wildman–Crippen MR) is 145 cm³/mol. The molecule has 37 heavy (non-hydrogen) atoms. The van der Waals surface area contributed by atoms with Gasteiger partial charge in [0.15, 0.2) is 0 Å². The van der Waals surface area contributed by atoms with Crippen LogP contribution in [0.1, 0.15) is 59.9 Å². The molecule has 4 aromatic rings. The average Bonchev–Trinajstić information content (AvgIpc) is 3.62. The smallest absolute Gasteiger partial charge is 0.237 e. The number of fused-ring (bicyclic) bond motifs is 2. The summed E-state index contributed by atoms with van der Waals surface area (Å²) in [6.07, 6.45) is 7.25. The van der Waals surface area contributed by atoms with Gasteiger partial charge in [-0.3, -0.25) is 14.7 Å². The summed E-state index contributed by atoms with van der Waals surface area (Å²) in [5.74, 6) is 1.08. The summed E-state index contributed by atoms with van der Waals surface area (Å²) in [6.45, 7) is 3.01. The highest BCUT2D eigenvalue weighted by molar-refractivity contribution is 5.82. The number of hydrogen-bond donors (Lipinski definition) is 3. The molecule has 3 N–H and O–H groups in total. The van der Waals surface area contributed by atoms with Crippen molar-refractivity contribution in [3.05, 3.63) is 95.1 Å². The Morgan fingerprint density at radius 2 is 1.84 bits per heavy atom. The molecule has 2 aromatic carbocycles. The molecule has 0 saturated carbocycles. The van der Waals surface area contributed by atoms with Gasteiger partial charge < -0.3 is 15.6 Å². The first-order valence-corrected chi connectivity index (χ1v) is 13.4. The van der Waals surface area contributed by atoms with Crippen LogP contribution in [-0.4, -0.2) is 38.3 Å². The molecule has 2 atom stereocenters. The summed E-state index contributed by atoms with van der Waals surface area (Å²) in [6, 6.07) is 21.3. The van der Waals surface area contributed by atoms with Crippen LogP contribution in [0.2, 0.25) is 0 Å². The van der Waals surface area contributed by atoms with Crippen LogP contribution < -0.4 is 10.6 Å². The number of nitrogens with zero attached hydrogens (tertiary/aromatic N) is 3. The van der Waals surface area contributed by atoms with Crippen LogP contribution in [0.15, 0.2) is 66.9 Å². The molecule has 0 spiro atoms. The van der Waals surface area contributed by atoms with E-state index in [2.05, 4.69) is 63.0 Å². The lowest BCUT2D eigenvalue weighted by atomic mass is 9.90. The number of benzene rings is 2. The van der Waals surface area contributed by atoms with Crippen molar-refractivity contribution in [2.75, 3.05) is 6.54 Å². The Bertz CT molecular complexity index is 1330. The summed E-state index contributed by atoms with van der Waals surface area (Å²) >= 11 is 0. The fourth-order valence-electron chi connectivity index (χ4n) is 5.71. The number of hydrogen-bond acceptors (Lipinski definition) is 5. The Morgan fingerprint density at radius 1 is 0.973 bits per heavy atom. The van der Waals surface area contributed by atoms with E-state index in [1.165, 1.54) is 16.8 Å². The Morgan fingerprint density at radius 3 is 2.68 bits per heavy atom. The third-order valence-corrected chi connectivity index (χ3v) is 7.65. The highest BCUT2D eigenvalue weighted by Gasteiger charge is 2.28. The van der Waals surface area contributed by atoms with Gasteiger partial charge >= 0.3 is 0 Å². The second kappa shape index (κ2) is 10.8. The number of rotatable bonds is 8. The van der Waals surface area contributed by atoms with Gasteiger partial charge in [0.05, 0.1) is 35.4 Å². The molecule has 1 aliphatic carbocycles. The number of carbonyl (C=O) groups excluding carboxylic acids is 1. The summed E-state index contributed by atoms with van der Waals surface area (Å²) in [7, 11) is 0. The molecular formula is C30H34N6O. The number of aryl methyl sites for hydroxylation is 1. The molecule has 7 nitrogen and oxygen atoms in total. The van der Waals surface area contributed by atoms with Gasteiger partial charge in [-0.1, -0.05) is 42.5 Å². The first-order valence-electron chi connectivity index (χ1n) is 13.4. The number of aromatic nitrogens is 3. The first-order chi connectivity index (χ1) is 18.2. The number of aromatic amines is 1.